The van der Waals surface area contributed by atoms with E-state index in [0.717, 1.165) is 11.3 Å². The zero-order valence-electron chi connectivity index (χ0n) is 17.6. The zero-order chi connectivity index (χ0) is 23.5. The predicted octanol–water partition coefficient (Wildman–Crippen LogP) is 5.52. The lowest BCUT2D eigenvalue weighted by molar-refractivity contribution is -0.384. The highest BCUT2D eigenvalue weighted by molar-refractivity contribution is 8.00. The van der Waals surface area contributed by atoms with Crippen molar-refractivity contribution in [2.75, 3.05) is 5.32 Å². The number of benzene rings is 2. The van der Waals surface area contributed by atoms with Crippen molar-refractivity contribution in [3.05, 3.63) is 81.8 Å². The molecule has 0 aliphatic rings. The third-order valence-corrected chi connectivity index (χ3v) is 6.19. The van der Waals surface area contributed by atoms with Crippen molar-refractivity contribution < 1.29 is 14.1 Å². The number of rotatable bonds is 7. The van der Waals surface area contributed by atoms with Gasteiger partial charge in [0.2, 0.25) is 5.91 Å². The van der Waals surface area contributed by atoms with Gasteiger partial charge in [-0.1, -0.05) is 41.6 Å². The van der Waals surface area contributed by atoms with Gasteiger partial charge in [-0.3, -0.25) is 19.5 Å². The minimum atomic E-state index is -0.606. The number of aromatic nitrogens is 3. The molecule has 0 aliphatic heterocycles. The van der Waals surface area contributed by atoms with Gasteiger partial charge in [0.15, 0.2) is 11.0 Å². The number of hydrogen-bond donors (Lipinski definition) is 1. The Balaban J connectivity index is 1.62. The van der Waals surface area contributed by atoms with Gasteiger partial charge in [0, 0.05) is 17.8 Å². The first-order valence-electron chi connectivity index (χ1n) is 9.82. The summed E-state index contributed by atoms with van der Waals surface area (Å²) >= 11 is 7.31. The molecule has 9 nitrogen and oxygen atoms in total. The van der Waals surface area contributed by atoms with E-state index < -0.39 is 10.2 Å². The molecule has 0 radical (unpaired) electrons. The van der Waals surface area contributed by atoms with Crippen molar-refractivity contribution in [3.8, 4) is 17.1 Å². The smallest absolute Gasteiger partial charge is 0.271 e. The van der Waals surface area contributed by atoms with Crippen LogP contribution >= 0.6 is 23.4 Å². The number of non-ortho nitro benzene ring substituents is 1. The second-order valence-corrected chi connectivity index (χ2v) is 8.75. The van der Waals surface area contributed by atoms with Crippen LogP contribution in [0.1, 0.15) is 12.7 Å². The average molecular weight is 484 g/mol. The van der Waals surface area contributed by atoms with Crippen LogP contribution in [0.4, 0.5) is 11.4 Å². The fraction of sp³-hybridized carbons (Fsp3) is 0.136. The summed E-state index contributed by atoms with van der Waals surface area (Å²) in [5.41, 5.74) is 1.62. The van der Waals surface area contributed by atoms with Crippen LogP contribution < -0.4 is 5.32 Å². The molecule has 1 atom stereocenters. The molecule has 2 heterocycles. The number of anilines is 1. The van der Waals surface area contributed by atoms with E-state index in [0.29, 0.717) is 16.7 Å². The second-order valence-electron chi connectivity index (χ2n) is 7.04. The van der Waals surface area contributed by atoms with E-state index in [1.54, 1.807) is 13.2 Å². The largest absolute Gasteiger partial charge is 0.469 e. The van der Waals surface area contributed by atoms with Crippen LogP contribution in [-0.2, 0) is 4.79 Å². The number of para-hydroxylation sites is 1. The number of halogens is 1. The van der Waals surface area contributed by atoms with Gasteiger partial charge >= 0.3 is 0 Å². The molecule has 4 aromatic rings. The summed E-state index contributed by atoms with van der Waals surface area (Å²) in [7, 11) is 0. The molecule has 4 rings (SSSR count). The molecular weight excluding hydrogens is 466 g/mol. The molecule has 1 amide bonds. The number of carbonyl (C=O) groups excluding carboxylic acids is 1. The van der Waals surface area contributed by atoms with Gasteiger partial charge in [-0.2, -0.15) is 0 Å². The molecular formula is C22H18ClN5O4S. The van der Waals surface area contributed by atoms with Gasteiger partial charge in [-0.25, -0.2) is 0 Å². The van der Waals surface area contributed by atoms with Crippen molar-refractivity contribution in [2.24, 2.45) is 0 Å². The van der Waals surface area contributed by atoms with Gasteiger partial charge in [-0.05, 0) is 38.1 Å². The lowest BCUT2D eigenvalue weighted by atomic mass is 10.2. The average Bonchev–Trinajstić information content (AvgIpc) is 3.41. The van der Waals surface area contributed by atoms with Crippen molar-refractivity contribution >= 4 is 40.6 Å². The number of carbonyl (C=O) groups is 1. The zero-order valence-corrected chi connectivity index (χ0v) is 19.1. The molecule has 33 heavy (non-hydrogen) atoms. The van der Waals surface area contributed by atoms with Crippen molar-refractivity contribution in [3.63, 3.8) is 0 Å². The van der Waals surface area contributed by atoms with E-state index in [1.807, 2.05) is 47.9 Å². The Morgan fingerprint density at radius 3 is 2.64 bits per heavy atom. The minimum Gasteiger partial charge on any atom is -0.469 e. The molecule has 0 spiro atoms. The number of nitro groups is 1. The van der Waals surface area contributed by atoms with Gasteiger partial charge in [0.05, 0.1) is 32.7 Å². The van der Waals surface area contributed by atoms with Gasteiger partial charge < -0.3 is 9.73 Å². The molecule has 168 valence electrons. The van der Waals surface area contributed by atoms with Crippen molar-refractivity contribution in [1.29, 1.82) is 0 Å². The van der Waals surface area contributed by atoms with Crippen molar-refractivity contribution in [2.45, 2.75) is 24.3 Å². The number of hydrogen-bond acceptors (Lipinski definition) is 7. The Morgan fingerprint density at radius 2 is 1.97 bits per heavy atom. The van der Waals surface area contributed by atoms with E-state index in [2.05, 4.69) is 15.5 Å². The van der Waals surface area contributed by atoms with Gasteiger partial charge in [-0.15, -0.1) is 10.2 Å². The second kappa shape index (κ2) is 9.47. The normalized spacial score (nSPS) is 11.8. The summed E-state index contributed by atoms with van der Waals surface area (Å²) < 4.78 is 7.28. The molecule has 1 N–H and O–H groups in total. The maximum Gasteiger partial charge on any atom is 0.271 e. The third-order valence-electron chi connectivity index (χ3n) is 4.82. The first-order valence-corrected chi connectivity index (χ1v) is 11.1. The summed E-state index contributed by atoms with van der Waals surface area (Å²) in [4.78, 5) is 23.3. The quantitative estimate of drug-likeness (QED) is 0.209. The predicted molar refractivity (Wildman–Crippen MR) is 126 cm³/mol. The van der Waals surface area contributed by atoms with E-state index in [-0.39, 0.29) is 22.3 Å². The molecule has 0 saturated heterocycles. The molecule has 0 fully saturated rings. The Hall–Kier alpha value is -3.63. The highest BCUT2D eigenvalue weighted by atomic mass is 35.5. The monoisotopic (exact) mass is 483 g/mol. The number of thioether (sulfide) groups is 1. The summed E-state index contributed by atoms with van der Waals surface area (Å²) in [6, 6.07) is 15.2. The lowest BCUT2D eigenvalue weighted by Gasteiger charge is -2.14. The van der Waals surface area contributed by atoms with Crippen LogP contribution in [-0.4, -0.2) is 30.8 Å². The van der Waals surface area contributed by atoms with Crippen LogP contribution in [0.15, 0.2) is 70.4 Å². The van der Waals surface area contributed by atoms with E-state index in [9.17, 15) is 14.9 Å². The third kappa shape index (κ3) is 4.76. The Morgan fingerprint density at radius 1 is 1.21 bits per heavy atom. The van der Waals surface area contributed by atoms with Crippen molar-refractivity contribution in [1.82, 2.24) is 14.8 Å². The number of aryl methyl sites for hydroxylation is 1. The Kier molecular flexibility index (Phi) is 6.47. The minimum absolute atomic E-state index is 0.168. The fourth-order valence-corrected chi connectivity index (χ4v) is 4.15. The topological polar surface area (TPSA) is 116 Å². The summed E-state index contributed by atoms with van der Waals surface area (Å²) in [6.07, 6.45) is 1.58. The number of amides is 1. The Bertz CT molecular complexity index is 1320. The summed E-state index contributed by atoms with van der Waals surface area (Å²) in [6.45, 7) is 3.54. The number of furan rings is 1. The molecule has 11 heteroatoms. The molecule has 0 saturated carbocycles. The van der Waals surface area contributed by atoms with E-state index in [4.69, 9.17) is 16.0 Å². The maximum atomic E-state index is 12.9. The molecule has 2 aromatic carbocycles. The van der Waals surface area contributed by atoms with Crippen LogP contribution in [0.5, 0.6) is 0 Å². The number of nitrogens with one attached hydrogen (secondary N) is 1. The van der Waals surface area contributed by atoms with Gasteiger partial charge in [0.25, 0.3) is 5.69 Å². The van der Waals surface area contributed by atoms with E-state index in [1.165, 1.54) is 30.0 Å². The standard InChI is InChI=1S/C22H18ClN5O4S/c1-13-17(10-11-32-13)20-25-26-22(27(20)15-6-4-3-5-7-15)33-14(2)21(29)24-19-12-16(28(30)31)8-9-18(19)23/h3-12,14H,1-2H3,(H,24,29). The van der Waals surface area contributed by atoms with Crippen LogP contribution in [0, 0.1) is 17.0 Å². The Labute approximate surface area is 197 Å². The van der Waals surface area contributed by atoms with Crippen LogP contribution in [0.2, 0.25) is 5.02 Å². The maximum absolute atomic E-state index is 12.9. The molecule has 0 bridgehead atoms. The number of nitro benzene ring substituents is 1. The molecule has 1 unspecified atom stereocenters. The van der Waals surface area contributed by atoms with Gasteiger partial charge in [0.1, 0.15) is 5.76 Å². The highest BCUT2D eigenvalue weighted by Gasteiger charge is 2.24. The first kappa shape index (κ1) is 22.6. The summed E-state index contributed by atoms with van der Waals surface area (Å²) in [5, 5.41) is 22.5. The summed E-state index contributed by atoms with van der Waals surface area (Å²) in [5.74, 6) is 0.901. The van der Waals surface area contributed by atoms with E-state index >= 15 is 0 Å². The highest BCUT2D eigenvalue weighted by Crippen LogP contribution is 2.33. The molecule has 0 aliphatic carbocycles. The lowest BCUT2D eigenvalue weighted by Crippen LogP contribution is -2.23. The number of nitrogens with zero attached hydrogens (tertiary/aromatic N) is 4. The van der Waals surface area contributed by atoms with Crippen LogP contribution in [0.3, 0.4) is 0 Å². The molecule has 2 aromatic heterocycles. The SMILES string of the molecule is Cc1occc1-c1nnc(SC(C)C(=O)Nc2cc([N+](=O)[O-])ccc2Cl)n1-c1ccccc1. The first-order chi connectivity index (χ1) is 15.8. The fourth-order valence-electron chi connectivity index (χ4n) is 3.12. The van der Waals surface area contributed by atoms with Crippen LogP contribution in [0.25, 0.3) is 17.1 Å².